The summed E-state index contributed by atoms with van der Waals surface area (Å²) in [6, 6.07) is 28.9. The fraction of sp³-hybridized carbons (Fsp3) is 0.118. The van der Waals surface area contributed by atoms with Crippen molar-refractivity contribution in [3.8, 4) is 0 Å². The van der Waals surface area contributed by atoms with Crippen LogP contribution in [0.1, 0.15) is 50.5 Å². The minimum Gasteiger partial charge on any atom is -0.481 e. The van der Waals surface area contributed by atoms with E-state index >= 15 is 0 Å². The summed E-state index contributed by atoms with van der Waals surface area (Å²) >= 11 is 0. The van der Waals surface area contributed by atoms with Crippen LogP contribution in [0, 0.1) is 6.07 Å². The Bertz CT molecular complexity index is 1630. The predicted octanol–water partition coefficient (Wildman–Crippen LogP) is 6.50. The molecule has 47 heavy (non-hydrogen) atoms. The van der Waals surface area contributed by atoms with E-state index in [1.807, 2.05) is 72.8 Å². The van der Waals surface area contributed by atoms with E-state index in [1.54, 1.807) is 0 Å². The van der Waals surface area contributed by atoms with Crippen molar-refractivity contribution in [3.63, 3.8) is 0 Å². The number of carbonyl (C=O) groups is 4. The number of carboxylic acid groups (broad SMARTS) is 4. The number of aliphatic carboxylic acids is 4. The van der Waals surface area contributed by atoms with Crippen LogP contribution in [-0.4, -0.2) is 64.2 Å². The van der Waals surface area contributed by atoms with Crippen LogP contribution in [0.5, 0.6) is 0 Å². The Balaban J connectivity index is 0.000000756. The summed E-state index contributed by atoms with van der Waals surface area (Å²) in [5.74, 6) is -3.33. The van der Waals surface area contributed by atoms with Crippen molar-refractivity contribution in [2.75, 3.05) is 0 Å². The second-order valence-corrected chi connectivity index (χ2v) is 9.06. The van der Waals surface area contributed by atoms with E-state index in [9.17, 15) is 0 Å². The molecule has 2 aliphatic rings. The second kappa shape index (κ2) is 22.8. The van der Waals surface area contributed by atoms with Gasteiger partial charge in [0.05, 0.1) is 22.8 Å². The molecule has 0 radical (unpaired) electrons. The molecule has 0 aliphatic carbocycles. The quantitative estimate of drug-likeness (QED) is 0.0752. The van der Waals surface area contributed by atoms with Crippen molar-refractivity contribution in [1.82, 2.24) is 19.9 Å². The number of aromatic amines is 2. The fourth-order valence-corrected chi connectivity index (χ4v) is 3.29. The molecule has 4 aromatic rings. The molecule has 0 amide bonds. The molecule has 0 fully saturated rings. The van der Waals surface area contributed by atoms with Gasteiger partial charge in [0.1, 0.15) is 0 Å². The minimum atomic E-state index is -0.833. The topological polar surface area (TPSA) is 207 Å². The molecule has 1 aromatic carbocycles. The maximum absolute atomic E-state index is 9.00. The molecule has 0 atom stereocenters. The summed E-state index contributed by atoms with van der Waals surface area (Å²) in [6.07, 6.45) is 8.05. The molecule has 242 valence electrons. The molecule has 12 nitrogen and oxygen atoms in total. The Morgan fingerprint density at radius 3 is 1.04 bits per heavy atom. The van der Waals surface area contributed by atoms with E-state index < -0.39 is 23.9 Å². The van der Waals surface area contributed by atoms with E-state index in [-0.39, 0.29) is 19.5 Å². The number of nitrogens with one attached hydrogen (secondary N) is 2. The summed E-state index contributed by atoms with van der Waals surface area (Å²) < 4.78 is 0. The number of carboxylic acids is 4. The standard InChI is InChI=1S/C20H14N4.C6H5.4C2H4O2.Zn/c1-2-14-10-16-5-6-18(23-16)12-20-8-7-19(24-20)11-17-4-3-15(22-17)9-13(1)21-14;1-2-4-6-5-3-1;4*1-2(3)4;/h1-12,21-22H;1-5H;4*1H3,(H,3,4);/q;-1;;;;;. The first-order valence-corrected chi connectivity index (χ1v) is 13.5. The normalized spacial score (nSPS) is 9.62. The van der Waals surface area contributed by atoms with Crippen molar-refractivity contribution in [2.24, 2.45) is 0 Å². The van der Waals surface area contributed by atoms with Crippen LogP contribution in [-0.2, 0) is 38.7 Å². The van der Waals surface area contributed by atoms with Crippen LogP contribution in [0.2, 0.25) is 0 Å². The number of aromatic nitrogens is 4. The molecule has 6 rings (SSSR count). The van der Waals surface area contributed by atoms with E-state index in [1.165, 1.54) is 0 Å². The summed E-state index contributed by atoms with van der Waals surface area (Å²) in [7, 11) is 0. The van der Waals surface area contributed by atoms with Gasteiger partial charge in [0.25, 0.3) is 23.9 Å². The molecule has 3 aromatic heterocycles. The smallest absolute Gasteiger partial charge is 0.300 e. The Labute approximate surface area is 284 Å². The van der Waals surface area contributed by atoms with Crippen molar-refractivity contribution in [1.29, 1.82) is 0 Å². The van der Waals surface area contributed by atoms with Crippen LogP contribution in [0.25, 0.3) is 46.4 Å². The largest absolute Gasteiger partial charge is 0.481 e. The van der Waals surface area contributed by atoms with Gasteiger partial charge in [-0.05, 0) is 72.8 Å². The van der Waals surface area contributed by atoms with E-state index in [0.29, 0.717) is 0 Å². The van der Waals surface area contributed by atoms with Gasteiger partial charge in [-0.3, -0.25) is 19.2 Å². The fourth-order valence-electron chi connectivity index (χ4n) is 3.29. The Morgan fingerprint density at radius 1 is 0.511 bits per heavy atom. The number of hydrogen-bond donors (Lipinski definition) is 6. The number of rotatable bonds is 0. The first-order chi connectivity index (χ1) is 21.7. The second-order valence-electron chi connectivity index (χ2n) is 9.06. The van der Waals surface area contributed by atoms with Gasteiger partial charge >= 0.3 is 0 Å². The van der Waals surface area contributed by atoms with Crippen molar-refractivity contribution in [3.05, 3.63) is 108 Å². The third kappa shape index (κ3) is 21.6. The number of fused-ring (bicyclic) bond motifs is 8. The average Bonchev–Trinajstić information content (AvgIpc) is 3.75. The number of H-pyrrole nitrogens is 2. The van der Waals surface area contributed by atoms with Crippen LogP contribution in [0.3, 0.4) is 0 Å². The number of nitrogens with zero attached hydrogens (tertiary/aromatic N) is 2. The zero-order chi connectivity index (χ0) is 34.5. The first-order valence-electron chi connectivity index (χ1n) is 13.5. The summed E-state index contributed by atoms with van der Waals surface area (Å²) in [5, 5.41) is 29.7. The molecule has 0 saturated heterocycles. The van der Waals surface area contributed by atoms with Gasteiger partial charge in [-0.25, -0.2) is 9.97 Å². The maximum Gasteiger partial charge on any atom is 0.300 e. The monoisotopic (exact) mass is 691 g/mol. The van der Waals surface area contributed by atoms with Crippen molar-refractivity contribution < 1.29 is 59.1 Å². The molecule has 13 heteroatoms. The SMILES string of the molecule is C1=Cc2cc3ccc(cc4ccc(cc5nc(cc1n2)C=C5)[nH]4)[nH]3.CC(=O)O.CC(=O)O.CC(=O)O.CC(=O)O.[Zn].[c-]1ccccc1. The van der Waals surface area contributed by atoms with Gasteiger partial charge in [-0.1, -0.05) is 0 Å². The zero-order valence-electron chi connectivity index (χ0n) is 26.3. The molecular weight excluding hydrogens is 658 g/mol. The van der Waals surface area contributed by atoms with Crippen LogP contribution in [0.15, 0.2) is 78.9 Å². The molecule has 8 bridgehead atoms. The predicted molar refractivity (Wildman–Crippen MR) is 177 cm³/mol. The maximum atomic E-state index is 9.00. The molecule has 0 spiro atoms. The van der Waals surface area contributed by atoms with Crippen LogP contribution < -0.4 is 0 Å². The van der Waals surface area contributed by atoms with Gasteiger partial charge in [-0.15, -0.1) is 0 Å². The van der Waals surface area contributed by atoms with E-state index in [4.69, 9.17) is 39.6 Å². The van der Waals surface area contributed by atoms with Gasteiger partial charge in [0.2, 0.25) is 0 Å². The summed E-state index contributed by atoms with van der Waals surface area (Å²) in [6.45, 7) is 4.33. The van der Waals surface area contributed by atoms with Gasteiger partial charge in [0.15, 0.2) is 0 Å². The number of benzene rings is 1. The molecular formula is C34H35N4O8Zn-. The van der Waals surface area contributed by atoms with Gasteiger partial charge < -0.3 is 30.4 Å². The number of hydrogen-bond acceptors (Lipinski definition) is 6. The van der Waals surface area contributed by atoms with E-state index in [2.05, 4.69) is 56.3 Å². The zero-order valence-corrected chi connectivity index (χ0v) is 29.3. The van der Waals surface area contributed by atoms with E-state index in [0.717, 1.165) is 72.5 Å². The Kier molecular flexibility index (Phi) is 20.0. The Morgan fingerprint density at radius 2 is 0.787 bits per heavy atom. The van der Waals surface area contributed by atoms with Gasteiger partial charge in [0, 0.05) is 69.2 Å². The minimum absolute atomic E-state index is 0. The van der Waals surface area contributed by atoms with Crippen molar-refractivity contribution >= 4 is 70.2 Å². The van der Waals surface area contributed by atoms with Crippen LogP contribution >= 0.6 is 0 Å². The van der Waals surface area contributed by atoms with Gasteiger partial charge in [-0.2, -0.15) is 36.4 Å². The third-order valence-electron chi connectivity index (χ3n) is 4.65. The summed E-state index contributed by atoms with van der Waals surface area (Å²) in [5.41, 5.74) is 7.86. The molecule has 5 heterocycles. The molecule has 6 N–H and O–H groups in total. The summed E-state index contributed by atoms with van der Waals surface area (Å²) in [4.78, 5) is 52.0. The van der Waals surface area contributed by atoms with Crippen LogP contribution in [0.4, 0.5) is 0 Å². The molecule has 0 saturated carbocycles. The molecule has 2 aliphatic heterocycles. The first kappa shape index (κ1) is 41.3. The Hall–Kier alpha value is -5.68. The molecule has 0 unspecified atom stereocenters. The average molecular weight is 693 g/mol. The third-order valence-corrected chi connectivity index (χ3v) is 4.65. The van der Waals surface area contributed by atoms with Crippen molar-refractivity contribution in [2.45, 2.75) is 27.7 Å².